The van der Waals surface area contributed by atoms with Gasteiger partial charge < -0.3 is 19.5 Å². The zero-order chi connectivity index (χ0) is 27.9. The van der Waals surface area contributed by atoms with Crippen LogP contribution in [-0.4, -0.2) is 25.4 Å². The molecule has 0 saturated carbocycles. The summed E-state index contributed by atoms with van der Waals surface area (Å²) in [5.41, 5.74) is 3.62. The average Bonchev–Trinajstić information content (AvgIpc) is 3.02. The van der Waals surface area contributed by atoms with Gasteiger partial charge in [0.2, 0.25) is 0 Å². The molecule has 0 aliphatic carbocycles. The highest BCUT2D eigenvalue weighted by Gasteiger charge is 2.12. The van der Waals surface area contributed by atoms with Gasteiger partial charge in [-0.05, 0) is 42.0 Å². The summed E-state index contributed by atoms with van der Waals surface area (Å²) in [6.45, 7) is 4.46. The molecule has 0 aliphatic heterocycles. The molecule has 6 heteroatoms. The maximum atomic E-state index is 10.0. The van der Waals surface area contributed by atoms with Crippen molar-refractivity contribution in [1.29, 1.82) is 0 Å². The zero-order valence-electron chi connectivity index (χ0n) is 22.8. The van der Waals surface area contributed by atoms with E-state index in [1.54, 1.807) is 25.4 Å². The highest BCUT2D eigenvalue weighted by molar-refractivity contribution is 5.88. The quantitative estimate of drug-likeness (QED) is 0.207. The smallest absolute Gasteiger partial charge is 0.163 e. The van der Waals surface area contributed by atoms with E-state index >= 15 is 0 Å². The van der Waals surface area contributed by atoms with Crippen molar-refractivity contribution in [2.24, 2.45) is 0 Å². The van der Waals surface area contributed by atoms with Gasteiger partial charge >= 0.3 is 0 Å². The van der Waals surface area contributed by atoms with Crippen LogP contribution >= 0.6 is 0 Å². The summed E-state index contributed by atoms with van der Waals surface area (Å²) in [4.78, 5) is 14.5. The minimum atomic E-state index is 0.455. The van der Waals surface area contributed by atoms with Gasteiger partial charge in [-0.15, -0.1) is 0 Å². The number of benzene rings is 4. The molecule has 0 unspecified atom stereocenters. The van der Waals surface area contributed by atoms with Gasteiger partial charge in [-0.2, -0.15) is 0 Å². The summed E-state index contributed by atoms with van der Waals surface area (Å²) in [6, 6.07) is 32.5. The lowest BCUT2D eigenvalue weighted by Crippen LogP contribution is -1.98. The predicted octanol–water partition coefficient (Wildman–Crippen LogP) is 8.18. The van der Waals surface area contributed by atoms with E-state index in [-0.39, 0.29) is 0 Å². The molecule has 1 heterocycles. The van der Waals surface area contributed by atoms with Crippen LogP contribution in [0, 0.1) is 0 Å². The molecule has 1 aromatic heterocycles. The lowest BCUT2D eigenvalue weighted by molar-refractivity contribution is 0.112. The number of carbonyl (C=O) groups is 1. The summed E-state index contributed by atoms with van der Waals surface area (Å²) < 4.78 is 17.6. The SMILES string of the molecule is CC.CNc1ccc(Oc2ccnc3cc(OCc4ccccc4)c(OC)cc23)cc1.O=Cc1ccccc1. The van der Waals surface area contributed by atoms with Gasteiger partial charge in [0.15, 0.2) is 11.5 Å². The topological polar surface area (TPSA) is 69.7 Å². The Morgan fingerprint density at radius 3 is 2.05 bits per heavy atom. The highest BCUT2D eigenvalue weighted by atomic mass is 16.5. The third-order valence-corrected chi connectivity index (χ3v) is 5.53. The molecular weight excluding hydrogens is 488 g/mol. The Balaban J connectivity index is 0.000000357. The molecule has 0 atom stereocenters. The van der Waals surface area contributed by atoms with Crippen LogP contribution in [0.4, 0.5) is 5.69 Å². The Bertz CT molecular complexity index is 1420. The van der Waals surface area contributed by atoms with Crippen molar-refractivity contribution in [3.05, 3.63) is 120 Å². The van der Waals surface area contributed by atoms with Crippen LogP contribution in [-0.2, 0) is 6.61 Å². The van der Waals surface area contributed by atoms with Crippen molar-refractivity contribution < 1.29 is 19.0 Å². The minimum Gasteiger partial charge on any atom is -0.493 e. The summed E-state index contributed by atoms with van der Waals surface area (Å²) in [7, 11) is 3.51. The predicted molar refractivity (Wildman–Crippen MR) is 158 cm³/mol. The number of anilines is 1. The number of hydrogen-bond acceptors (Lipinski definition) is 6. The van der Waals surface area contributed by atoms with Gasteiger partial charge in [-0.1, -0.05) is 74.5 Å². The third-order valence-electron chi connectivity index (χ3n) is 5.53. The Morgan fingerprint density at radius 2 is 1.46 bits per heavy atom. The number of carbonyl (C=O) groups excluding carboxylic acids is 1. The van der Waals surface area contributed by atoms with Gasteiger partial charge in [-0.3, -0.25) is 9.78 Å². The van der Waals surface area contributed by atoms with Crippen LogP contribution < -0.4 is 19.5 Å². The van der Waals surface area contributed by atoms with E-state index < -0.39 is 0 Å². The second-order valence-electron chi connectivity index (χ2n) is 8.01. The van der Waals surface area contributed by atoms with E-state index in [1.165, 1.54) is 0 Å². The first-order valence-electron chi connectivity index (χ1n) is 12.8. The van der Waals surface area contributed by atoms with Gasteiger partial charge in [-0.25, -0.2) is 0 Å². The maximum absolute atomic E-state index is 10.0. The number of ether oxygens (including phenoxy) is 3. The van der Waals surface area contributed by atoms with E-state index in [0.717, 1.165) is 39.8 Å². The Morgan fingerprint density at radius 1 is 0.795 bits per heavy atom. The fraction of sp³-hybridized carbons (Fsp3) is 0.152. The number of rotatable bonds is 8. The summed E-state index contributed by atoms with van der Waals surface area (Å²) in [5.74, 6) is 2.74. The standard InChI is InChI=1S/C24H22N2O3.C7H6O.C2H6/c1-25-18-8-10-19(11-9-18)29-22-12-13-26-21-15-24(23(27-2)14-20(21)22)28-16-17-6-4-3-5-7-17;8-6-7-4-2-1-3-5-7;1-2/h3-15,25H,16H2,1-2H3;1-6H;1-2H3. The molecule has 6 nitrogen and oxygen atoms in total. The van der Waals surface area contributed by atoms with E-state index in [4.69, 9.17) is 14.2 Å². The number of hydrogen-bond donors (Lipinski definition) is 1. The van der Waals surface area contributed by atoms with Crippen LogP contribution in [0.25, 0.3) is 10.9 Å². The molecule has 0 spiro atoms. The molecule has 0 saturated heterocycles. The molecule has 1 N–H and O–H groups in total. The molecule has 0 aliphatic rings. The highest BCUT2D eigenvalue weighted by Crippen LogP contribution is 2.37. The van der Waals surface area contributed by atoms with Gasteiger partial charge in [0, 0.05) is 35.9 Å². The van der Waals surface area contributed by atoms with Crippen molar-refractivity contribution in [2.75, 3.05) is 19.5 Å². The Labute approximate surface area is 230 Å². The molecular formula is C33H34N2O4. The van der Waals surface area contributed by atoms with Gasteiger partial charge in [0.05, 0.1) is 12.6 Å². The average molecular weight is 523 g/mol. The molecule has 39 heavy (non-hydrogen) atoms. The van der Waals surface area contributed by atoms with Crippen LogP contribution in [0.5, 0.6) is 23.0 Å². The Hall–Kier alpha value is -4.84. The first kappa shape index (κ1) is 28.7. The lowest BCUT2D eigenvalue weighted by atomic mass is 10.1. The van der Waals surface area contributed by atoms with Crippen LogP contribution in [0.3, 0.4) is 0 Å². The maximum Gasteiger partial charge on any atom is 0.163 e. The molecule has 0 radical (unpaired) electrons. The first-order valence-corrected chi connectivity index (χ1v) is 12.8. The number of fused-ring (bicyclic) bond motifs is 1. The van der Waals surface area contributed by atoms with E-state index in [1.807, 2.05) is 112 Å². The second-order valence-corrected chi connectivity index (χ2v) is 8.01. The zero-order valence-corrected chi connectivity index (χ0v) is 22.8. The molecule has 4 aromatic carbocycles. The van der Waals surface area contributed by atoms with Crippen molar-refractivity contribution in [2.45, 2.75) is 20.5 Å². The number of pyridine rings is 1. The molecule has 0 bridgehead atoms. The van der Waals surface area contributed by atoms with E-state index in [2.05, 4.69) is 10.3 Å². The fourth-order valence-corrected chi connectivity index (χ4v) is 3.57. The summed E-state index contributed by atoms with van der Waals surface area (Å²) in [5, 5.41) is 3.95. The number of nitrogens with one attached hydrogen (secondary N) is 1. The van der Waals surface area contributed by atoms with Crippen LogP contribution in [0.15, 0.2) is 109 Å². The monoisotopic (exact) mass is 522 g/mol. The number of methoxy groups -OCH3 is 1. The number of aldehydes is 1. The van der Waals surface area contributed by atoms with Crippen molar-refractivity contribution in [3.8, 4) is 23.0 Å². The first-order chi connectivity index (χ1) is 19.2. The molecule has 5 aromatic rings. The minimum absolute atomic E-state index is 0.455. The lowest BCUT2D eigenvalue weighted by Gasteiger charge is -2.14. The van der Waals surface area contributed by atoms with Crippen molar-refractivity contribution in [1.82, 2.24) is 4.98 Å². The van der Waals surface area contributed by atoms with Crippen molar-refractivity contribution >= 4 is 22.9 Å². The number of aromatic nitrogens is 1. The third kappa shape index (κ3) is 8.33. The fourth-order valence-electron chi connectivity index (χ4n) is 3.57. The van der Waals surface area contributed by atoms with Gasteiger partial charge in [0.25, 0.3) is 0 Å². The van der Waals surface area contributed by atoms with Crippen LogP contribution in [0.2, 0.25) is 0 Å². The normalized spacial score (nSPS) is 9.74. The Kier molecular flexibility index (Phi) is 11.4. The van der Waals surface area contributed by atoms with E-state index in [0.29, 0.717) is 23.9 Å². The van der Waals surface area contributed by atoms with Crippen LogP contribution in [0.1, 0.15) is 29.8 Å². The number of nitrogens with zero attached hydrogens (tertiary/aromatic N) is 1. The largest absolute Gasteiger partial charge is 0.493 e. The second kappa shape index (κ2) is 15.4. The summed E-state index contributed by atoms with van der Waals surface area (Å²) >= 11 is 0. The van der Waals surface area contributed by atoms with Crippen molar-refractivity contribution in [3.63, 3.8) is 0 Å². The van der Waals surface area contributed by atoms with E-state index in [9.17, 15) is 4.79 Å². The summed E-state index contributed by atoms with van der Waals surface area (Å²) in [6.07, 6.45) is 2.56. The van der Waals surface area contributed by atoms with Gasteiger partial charge in [0.1, 0.15) is 24.4 Å². The molecule has 0 amide bonds. The molecule has 0 fully saturated rings. The molecule has 5 rings (SSSR count). The molecule has 200 valence electrons.